The highest BCUT2D eigenvalue weighted by Gasteiger charge is 2.15. The summed E-state index contributed by atoms with van der Waals surface area (Å²) in [7, 11) is 1.89. The molecule has 0 radical (unpaired) electrons. The summed E-state index contributed by atoms with van der Waals surface area (Å²) in [5.41, 5.74) is 2.08. The van der Waals surface area contributed by atoms with Gasteiger partial charge in [-0.25, -0.2) is 4.39 Å². The molecule has 0 spiro atoms. The van der Waals surface area contributed by atoms with Gasteiger partial charge in [0.15, 0.2) is 0 Å². The number of nitrogens with zero attached hydrogens (tertiary/aromatic N) is 2. The molecule has 0 aliphatic carbocycles. The van der Waals surface area contributed by atoms with Crippen molar-refractivity contribution in [1.82, 2.24) is 15.1 Å². The number of hydrogen-bond acceptors (Lipinski definition) is 2. The molecule has 102 valence electrons. The molecular formula is C14H17BrFN3. The minimum Gasteiger partial charge on any atom is -0.309 e. The average molecular weight is 326 g/mol. The third kappa shape index (κ3) is 3.22. The van der Waals surface area contributed by atoms with Crippen molar-refractivity contribution in [3.8, 4) is 0 Å². The molecule has 3 nitrogen and oxygen atoms in total. The van der Waals surface area contributed by atoms with Crippen molar-refractivity contribution >= 4 is 15.9 Å². The van der Waals surface area contributed by atoms with Gasteiger partial charge in [0, 0.05) is 18.3 Å². The van der Waals surface area contributed by atoms with Crippen molar-refractivity contribution in [2.45, 2.75) is 25.9 Å². The summed E-state index contributed by atoms with van der Waals surface area (Å²) >= 11 is 3.22. The first-order valence-electron chi connectivity index (χ1n) is 6.30. The Kier molecular flexibility index (Phi) is 4.71. The van der Waals surface area contributed by atoms with Crippen LogP contribution in [0.4, 0.5) is 4.39 Å². The van der Waals surface area contributed by atoms with Gasteiger partial charge in [-0.3, -0.25) is 4.68 Å². The van der Waals surface area contributed by atoms with Gasteiger partial charge in [0.25, 0.3) is 0 Å². The van der Waals surface area contributed by atoms with E-state index in [4.69, 9.17) is 0 Å². The fourth-order valence-electron chi connectivity index (χ4n) is 2.10. The predicted octanol–water partition coefficient (Wildman–Crippen LogP) is 3.50. The second kappa shape index (κ2) is 6.30. The molecule has 1 aromatic carbocycles. The van der Waals surface area contributed by atoms with Crippen LogP contribution < -0.4 is 5.32 Å². The summed E-state index contributed by atoms with van der Waals surface area (Å²) in [6.07, 6.45) is 4.93. The van der Waals surface area contributed by atoms with Crippen molar-refractivity contribution in [3.05, 3.63) is 52.0 Å². The molecule has 2 rings (SSSR count). The first-order chi connectivity index (χ1) is 9.15. The summed E-state index contributed by atoms with van der Waals surface area (Å²) < 4.78 is 15.7. The first-order valence-corrected chi connectivity index (χ1v) is 7.09. The van der Waals surface area contributed by atoms with Crippen LogP contribution in [0, 0.1) is 5.82 Å². The lowest BCUT2D eigenvalue weighted by molar-refractivity contribution is 0.600. The van der Waals surface area contributed by atoms with E-state index in [9.17, 15) is 4.39 Å². The summed E-state index contributed by atoms with van der Waals surface area (Å²) in [4.78, 5) is 0. The first kappa shape index (κ1) is 14.2. The zero-order valence-corrected chi connectivity index (χ0v) is 12.6. The van der Waals surface area contributed by atoms with E-state index < -0.39 is 0 Å². The Morgan fingerprint density at radius 2 is 2.21 bits per heavy atom. The summed E-state index contributed by atoms with van der Waals surface area (Å²) in [5.74, 6) is -0.250. The Bertz CT molecular complexity index is 553. The highest BCUT2D eigenvalue weighted by atomic mass is 79.9. The number of nitrogens with one attached hydrogen (secondary N) is 1. The molecule has 1 atom stereocenters. The number of aryl methyl sites for hydroxylation is 1. The van der Waals surface area contributed by atoms with E-state index in [1.807, 2.05) is 24.1 Å². The van der Waals surface area contributed by atoms with Gasteiger partial charge < -0.3 is 5.32 Å². The van der Waals surface area contributed by atoms with Crippen LogP contribution in [0.1, 0.15) is 30.5 Å². The molecule has 0 aliphatic heterocycles. The third-order valence-electron chi connectivity index (χ3n) is 3.00. The second-order valence-electron chi connectivity index (χ2n) is 4.43. The fourth-order valence-corrected chi connectivity index (χ4v) is 2.49. The van der Waals surface area contributed by atoms with E-state index in [-0.39, 0.29) is 11.9 Å². The van der Waals surface area contributed by atoms with E-state index in [1.165, 1.54) is 6.07 Å². The Morgan fingerprint density at radius 3 is 2.84 bits per heavy atom. The number of halogens is 2. The third-order valence-corrected chi connectivity index (χ3v) is 3.61. The Hall–Kier alpha value is -1.20. The maximum atomic E-state index is 13.3. The van der Waals surface area contributed by atoms with Gasteiger partial charge in [0.1, 0.15) is 5.82 Å². The van der Waals surface area contributed by atoms with Gasteiger partial charge in [-0.05, 0) is 47.1 Å². The van der Waals surface area contributed by atoms with Gasteiger partial charge in [0.05, 0.1) is 16.7 Å². The average Bonchev–Trinajstić information content (AvgIpc) is 2.83. The fraction of sp³-hybridized carbons (Fsp3) is 0.357. The summed E-state index contributed by atoms with van der Waals surface area (Å²) in [6, 6.07) is 5.08. The highest BCUT2D eigenvalue weighted by Crippen LogP contribution is 2.25. The molecule has 19 heavy (non-hydrogen) atoms. The van der Waals surface area contributed by atoms with Crippen LogP contribution in [0.15, 0.2) is 35.1 Å². The molecule has 1 heterocycles. The quantitative estimate of drug-likeness (QED) is 0.911. The topological polar surface area (TPSA) is 29.9 Å². The molecule has 0 saturated carbocycles. The van der Waals surface area contributed by atoms with Crippen LogP contribution in [0.25, 0.3) is 0 Å². The Balaban J connectivity index is 2.29. The van der Waals surface area contributed by atoms with Gasteiger partial charge in [-0.15, -0.1) is 0 Å². The van der Waals surface area contributed by atoms with Crippen molar-refractivity contribution < 1.29 is 4.39 Å². The van der Waals surface area contributed by atoms with Crippen LogP contribution in [-0.2, 0) is 6.54 Å². The van der Waals surface area contributed by atoms with Crippen molar-refractivity contribution in [2.75, 3.05) is 7.05 Å². The van der Waals surface area contributed by atoms with E-state index in [0.717, 1.165) is 24.1 Å². The van der Waals surface area contributed by atoms with E-state index in [2.05, 4.69) is 33.3 Å². The van der Waals surface area contributed by atoms with Crippen LogP contribution in [-0.4, -0.2) is 16.8 Å². The van der Waals surface area contributed by atoms with Crippen LogP contribution >= 0.6 is 15.9 Å². The van der Waals surface area contributed by atoms with E-state index >= 15 is 0 Å². The van der Waals surface area contributed by atoms with Gasteiger partial charge in [0.2, 0.25) is 0 Å². The van der Waals surface area contributed by atoms with Crippen molar-refractivity contribution in [2.24, 2.45) is 0 Å². The largest absolute Gasteiger partial charge is 0.309 e. The molecular weight excluding hydrogens is 309 g/mol. The highest BCUT2D eigenvalue weighted by molar-refractivity contribution is 9.10. The molecule has 0 saturated heterocycles. The minimum absolute atomic E-state index is 0.0162. The second-order valence-corrected chi connectivity index (χ2v) is 5.29. The summed E-state index contributed by atoms with van der Waals surface area (Å²) in [6.45, 7) is 3.03. The number of rotatable bonds is 5. The molecule has 0 aliphatic rings. The normalized spacial score (nSPS) is 12.6. The minimum atomic E-state index is -0.250. The Morgan fingerprint density at radius 1 is 1.42 bits per heavy atom. The smallest absolute Gasteiger partial charge is 0.137 e. The van der Waals surface area contributed by atoms with Crippen molar-refractivity contribution in [1.29, 1.82) is 0 Å². The molecule has 1 aromatic heterocycles. The standard InChI is InChI=1S/C14H17BrFN3/c1-3-6-19-9-11(8-18-19)14(17-2)10-4-5-13(16)12(15)7-10/h4-5,7-9,14,17H,3,6H2,1-2H3. The lowest BCUT2D eigenvalue weighted by Crippen LogP contribution is -2.17. The summed E-state index contributed by atoms with van der Waals surface area (Å²) in [5, 5.41) is 7.57. The van der Waals surface area contributed by atoms with Gasteiger partial charge >= 0.3 is 0 Å². The maximum absolute atomic E-state index is 13.3. The number of benzene rings is 1. The molecule has 2 aromatic rings. The number of aromatic nitrogens is 2. The predicted molar refractivity (Wildman–Crippen MR) is 77.5 cm³/mol. The molecule has 0 bridgehead atoms. The van der Waals surface area contributed by atoms with E-state index in [0.29, 0.717) is 4.47 Å². The molecule has 1 N–H and O–H groups in total. The Labute approximate surface area is 121 Å². The monoisotopic (exact) mass is 325 g/mol. The maximum Gasteiger partial charge on any atom is 0.137 e. The van der Waals surface area contributed by atoms with Crippen molar-refractivity contribution in [3.63, 3.8) is 0 Å². The molecule has 0 fully saturated rings. The lowest BCUT2D eigenvalue weighted by Gasteiger charge is -2.15. The van der Waals surface area contributed by atoms with Crippen LogP contribution in [0.3, 0.4) is 0 Å². The molecule has 5 heteroatoms. The van der Waals surface area contributed by atoms with Gasteiger partial charge in [-0.2, -0.15) is 5.10 Å². The van der Waals surface area contributed by atoms with Gasteiger partial charge in [-0.1, -0.05) is 13.0 Å². The lowest BCUT2D eigenvalue weighted by atomic mass is 10.0. The van der Waals surface area contributed by atoms with Crippen LogP contribution in [0.5, 0.6) is 0 Å². The SMILES string of the molecule is CCCn1cc(C(NC)c2ccc(F)c(Br)c2)cn1. The zero-order valence-electron chi connectivity index (χ0n) is 11.0. The zero-order chi connectivity index (χ0) is 13.8. The van der Waals surface area contributed by atoms with Crippen LogP contribution in [0.2, 0.25) is 0 Å². The molecule has 0 amide bonds. The molecule has 1 unspecified atom stereocenters. The number of hydrogen-bond donors (Lipinski definition) is 1. The van der Waals surface area contributed by atoms with E-state index in [1.54, 1.807) is 12.1 Å².